The first kappa shape index (κ1) is 10.8. The summed E-state index contributed by atoms with van der Waals surface area (Å²) >= 11 is 3.26. The number of nitrogens with one attached hydrogen (secondary N) is 1. The average molecular weight is 278 g/mol. The number of hydrogen-bond acceptors (Lipinski definition) is 2. The molecule has 3 nitrogen and oxygen atoms in total. The lowest BCUT2D eigenvalue weighted by molar-refractivity contribution is 0.0817. The molecule has 0 aliphatic carbocycles. The lowest BCUT2D eigenvalue weighted by atomic mass is 10.0. The molecular weight excluding hydrogens is 270 g/mol. The Morgan fingerprint density at radius 2 is 1.81 bits per heavy atom. The standard InChI is InChI=1S/C12H8BrNO2/c13-10-3-1-2-8(6-10)11(15)12(16)9-4-5-14-7-9/h1-7,14H. The van der Waals surface area contributed by atoms with Gasteiger partial charge >= 0.3 is 0 Å². The van der Waals surface area contributed by atoms with Crippen LogP contribution in [0, 0.1) is 0 Å². The molecule has 1 N–H and O–H groups in total. The van der Waals surface area contributed by atoms with Gasteiger partial charge < -0.3 is 4.98 Å². The Balaban J connectivity index is 2.30. The predicted molar refractivity (Wildman–Crippen MR) is 63.6 cm³/mol. The maximum atomic E-state index is 11.8. The van der Waals surface area contributed by atoms with E-state index in [1.807, 2.05) is 0 Å². The van der Waals surface area contributed by atoms with Gasteiger partial charge in [-0.3, -0.25) is 9.59 Å². The van der Waals surface area contributed by atoms with E-state index in [0.717, 1.165) is 4.47 Å². The molecule has 1 aromatic heterocycles. The maximum absolute atomic E-state index is 11.8. The van der Waals surface area contributed by atoms with Crippen LogP contribution in [0.2, 0.25) is 0 Å². The quantitative estimate of drug-likeness (QED) is 0.693. The second kappa shape index (κ2) is 4.45. The molecule has 0 saturated heterocycles. The highest BCUT2D eigenvalue weighted by atomic mass is 79.9. The molecule has 1 heterocycles. The smallest absolute Gasteiger partial charge is 0.235 e. The number of carbonyl (C=O) groups excluding carboxylic acids is 2. The SMILES string of the molecule is O=C(C(=O)c1cccc(Br)c1)c1cc[nH]c1. The fourth-order valence-electron chi connectivity index (χ4n) is 1.36. The summed E-state index contributed by atoms with van der Waals surface area (Å²) in [7, 11) is 0. The molecule has 0 aliphatic rings. The minimum atomic E-state index is -0.501. The van der Waals surface area contributed by atoms with E-state index in [4.69, 9.17) is 0 Å². The zero-order valence-corrected chi connectivity index (χ0v) is 9.82. The van der Waals surface area contributed by atoms with Crippen LogP contribution in [0.5, 0.6) is 0 Å². The first-order valence-corrected chi connectivity index (χ1v) is 5.45. The third kappa shape index (κ3) is 2.12. The molecule has 1 aromatic carbocycles. The number of benzene rings is 1. The summed E-state index contributed by atoms with van der Waals surface area (Å²) < 4.78 is 0.778. The van der Waals surface area contributed by atoms with Gasteiger partial charge in [0.1, 0.15) is 0 Å². The van der Waals surface area contributed by atoms with Gasteiger partial charge in [-0.05, 0) is 18.2 Å². The summed E-state index contributed by atoms with van der Waals surface area (Å²) in [4.78, 5) is 26.3. The minimum Gasteiger partial charge on any atom is -0.367 e. The summed E-state index contributed by atoms with van der Waals surface area (Å²) in [6.45, 7) is 0. The molecule has 16 heavy (non-hydrogen) atoms. The van der Waals surface area contributed by atoms with E-state index in [-0.39, 0.29) is 0 Å². The van der Waals surface area contributed by atoms with Crippen molar-refractivity contribution in [1.29, 1.82) is 0 Å². The van der Waals surface area contributed by atoms with E-state index in [1.54, 1.807) is 36.5 Å². The van der Waals surface area contributed by atoms with Gasteiger partial charge in [0.15, 0.2) is 0 Å². The third-order valence-corrected chi connectivity index (χ3v) is 2.65. The number of carbonyl (C=O) groups is 2. The van der Waals surface area contributed by atoms with Crippen molar-refractivity contribution in [1.82, 2.24) is 4.98 Å². The van der Waals surface area contributed by atoms with Gasteiger partial charge in [0, 0.05) is 28.0 Å². The van der Waals surface area contributed by atoms with Crippen LogP contribution in [0.15, 0.2) is 47.2 Å². The molecule has 0 amide bonds. The van der Waals surface area contributed by atoms with Crippen molar-refractivity contribution in [2.24, 2.45) is 0 Å². The summed E-state index contributed by atoms with van der Waals surface area (Å²) in [5.41, 5.74) is 0.769. The summed E-state index contributed by atoms with van der Waals surface area (Å²) in [6.07, 6.45) is 3.12. The Bertz CT molecular complexity index is 532. The first-order chi connectivity index (χ1) is 7.68. The van der Waals surface area contributed by atoms with Crippen LogP contribution in [-0.4, -0.2) is 16.6 Å². The van der Waals surface area contributed by atoms with Gasteiger partial charge in [-0.1, -0.05) is 28.1 Å². The number of Topliss-reactive ketones (excluding diaryl/α,β-unsaturated/α-hetero) is 2. The second-order valence-corrected chi connectivity index (χ2v) is 4.18. The third-order valence-electron chi connectivity index (χ3n) is 2.15. The number of H-pyrrole nitrogens is 1. The topological polar surface area (TPSA) is 49.9 Å². The van der Waals surface area contributed by atoms with Gasteiger partial charge in [-0.15, -0.1) is 0 Å². The van der Waals surface area contributed by atoms with Crippen molar-refractivity contribution < 1.29 is 9.59 Å². The monoisotopic (exact) mass is 277 g/mol. The van der Waals surface area contributed by atoms with Gasteiger partial charge in [0.2, 0.25) is 11.6 Å². The van der Waals surface area contributed by atoms with E-state index in [9.17, 15) is 9.59 Å². The highest BCUT2D eigenvalue weighted by Gasteiger charge is 2.18. The number of halogens is 1. The normalized spacial score (nSPS) is 10.1. The van der Waals surface area contributed by atoms with E-state index >= 15 is 0 Å². The maximum Gasteiger partial charge on any atom is 0.235 e. The fraction of sp³-hybridized carbons (Fsp3) is 0. The van der Waals surface area contributed by atoms with E-state index in [2.05, 4.69) is 20.9 Å². The predicted octanol–water partition coefficient (Wildman–Crippen LogP) is 2.84. The van der Waals surface area contributed by atoms with Gasteiger partial charge in [-0.25, -0.2) is 0 Å². The van der Waals surface area contributed by atoms with Gasteiger partial charge in [0.25, 0.3) is 0 Å². The molecule has 2 rings (SSSR count). The minimum absolute atomic E-state index is 0.380. The molecule has 0 saturated carbocycles. The molecule has 0 aliphatic heterocycles. The second-order valence-electron chi connectivity index (χ2n) is 3.27. The number of hydrogen-bond donors (Lipinski definition) is 1. The van der Waals surface area contributed by atoms with Crippen LogP contribution in [0.1, 0.15) is 20.7 Å². The van der Waals surface area contributed by atoms with E-state index in [0.29, 0.717) is 11.1 Å². The first-order valence-electron chi connectivity index (χ1n) is 4.66. The molecule has 80 valence electrons. The number of aromatic amines is 1. The van der Waals surface area contributed by atoms with Crippen LogP contribution < -0.4 is 0 Å². The van der Waals surface area contributed by atoms with Crippen LogP contribution in [-0.2, 0) is 0 Å². The highest BCUT2D eigenvalue weighted by molar-refractivity contribution is 9.10. The lowest BCUT2D eigenvalue weighted by Gasteiger charge is -1.99. The van der Waals surface area contributed by atoms with Crippen molar-refractivity contribution in [3.8, 4) is 0 Å². The van der Waals surface area contributed by atoms with Crippen LogP contribution in [0.25, 0.3) is 0 Å². The molecular formula is C12H8BrNO2. The van der Waals surface area contributed by atoms with E-state index < -0.39 is 11.6 Å². The molecule has 0 unspecified atom stereocenters. The molecule has 4 heteroatoms. The Kier molecular flexibility index (Phi) is 3.01. The zero-order valence-electron chi connectivity index (χ0n) is 8.24. The van der Waals surface area contributed by atoms with Crippen molar-refractivity contribution in [2.45, 2.75) is 0 Å². The fourth-order valence-corrected chi connectivity index (χ4v) is 1.76. The van der Waals surface area contributed by atoms with Gasteiger partial charge in [0.05, 0.1) is 0 Å². The molecule has 0 bridgehead atoms. The summed E-state index contributed by atoms with van der Waals surface area (Å²) in [5.74, 6) is -1.000. The average Bonchev–Trinajstić information content (AvgIpc) is 2.80. The Morgan fingerprint density at radius 3 is 2.44 bits per heavy atom. The molecule has 0 radical (unpaired) electrons. The Labute approximate surface area is 101 Å². The van der Waals surface area contributed by atoms with Crippen molar-refractivity contribution in [3.05, 3.63) is 58.3 Å². The Hall–Kier alpha value is -1.68. The molecule has 0 spiro atoms. The highest BCUT2D eigenvalue weighted by Crippen LogP contribution is 2.14. The molecule has 0 atom stereocenters. The zero-order chi connectivity index (χ0) is 11.5. The largest absolute Gasteiger partial charge is 0.367 e. The van der Waals surface area contributed by atoms with Gasteiger partial charge in [-0.2, -0.15) is 0 Å². The number of ketones is 2. The van der Waals surface area contributed by atoms with Crippen LogP contribution in [0.4, 0.5) is 0 Å². The van der Waals surface area contributed by atoms with Crippen molar-refractivity contribution in [3.63, 3.8) is 0 Å². The summed E-state index contributed by atoms with van der Waals surface area (Å²) in [5, 5.41) is 0. The van der Waals surface area contributed by atoms with Crippen LogP contribution in [0.3, 0.4) is 0 Å². The molecule has 0 fully saturated rings. The molecule has 2 aromatic rings. The number of aromatic nitrogens is 1. The number of rotatable bonds is 3. The lowest BCUT2D eigenvalue weighted by Crippen LogP contribution is -2.13. The summed E-state index contributed by atoms with van der Waals surface area (Å²) in [6, 6.07) is 8.36. The van der Waals surface area contributed by atoms with Crippen LogP contribution >= 0.6 is 15.9 Å². The van der Waals surface area contributed by atoms with Crippen molar-refractivity contribution in [2.75, 3.05) is 0 Å². The Morgan fingerprint density at radius 1 is 1.06 bits per heavy atom. The van der Waals surface area contributed by atoms with E-state index in [1.165, 1.54) is 6.20 Å². The van der Waals surface area contributed by atoms with Crippen molar-refractivity contribution >= 4 is 27.5 Å².